The van der Waals surface area contributed by atoms with E-state index in [1.165, 1.54) is 0 Å². The minimum absolute atomic E-state index is 0.00783. The van der Waals surface area contributed by atoms with Gasteiger partial charge in [-0.3, -0.25) is 4.79 Å². The monoisotopic (exact) mass is 786 g/mol. The molecule has 4 aromatic rings. The fourth-order valence-electron chi connectivity index (χ4n) is 7.22. The molecule has 2 aliphatic rings. The van der Waals surface area contributed by atoms with Gasteiger partial charge in [0.05, 0.1) is 38.6 Å². The summed E-state index contributed by atoms with van der Waals surface area (Å²) in [5, 5.41) is 11.7. The molecular weight excluding hydrogens is 736 g/mol. The van der Waals surface area contributed by atoms with Crippen LogP contribution in [0.15, 0.2) is 134 Å². The first-order chi connectivity index (χ1) is 27.3. The van der Waals surface area contributed by atoms with Gasteiger partial charge in [0.2, 0.25) is 5.79 Å². The quantitative estimate of drug-likeness (QED) is 0.0627. The first-order valence-electron chi connectivity index (χ1n) is 19.0. The van der Waals surface area contributed by atoms with Crippen molar-refractivity contribution in [2.75, 3.05) is 5.88 Å². The van der Waals surface area contributed by atoms with E-state index in [0.29, 0.717) is 0 Å². The molecule has 0 bridgehead atoms. The van der Waals surface area contributed by atoms with Crippen LogP contribution in [0.4, 0.5) is 0 Å². The van der Waals surface area contributed by atoms with E-state index >= 15 is 0 Å². The van der Waals surface area contributed by atoms with Crippen molar-refractivity contribution in [2.45, 2.75) is 108 Å². The van der Waals surface area contributed by atoms with Crippen LogP contribution in [0.5, 0.6) is 0 Å². The van der Waals surface area contributed by atoms with E-state index in [-0.39, 0.29) is 32.8 Å². The summed E-state index contributed by atoms with van der Waals surface area (Å²) >= 11 is 6.08. The summed E-state index contributed by atoms with van der Waals surface area (Å²) in [7, 11) is 0. The highest BCUT2D eigenvalue weighted by Crippen LogP contribution is 2.43. The molecule has 2 fully saturated rings. The lowest BCUT2D eigenvalue weighted by molar-refractivity contribution is -0.411. The molecule has 1 N–H and O–H groups in total. The van der Waals surface area contributed by atoms with Gasteiger partial charge in [0.1, 0.15) is 36.4 Å². The second kappa shape index (κ2) is 20.5. The summed E-state index contributed by atoms with van der Waals surface area (Å²) in [6.07, 6.45) is -6.92. The minimum atomic E-state index is -1.79. The summed E-state index contributed by atoms with van der Waals surface area (Å²) in [4.78, 5) is 13.2. The van der Waals surface area contributed by atoms with Crippen LogP contribution in [0.2, 0.25) is 0 Å². The van der Waals surface area contributed by atoms with Crippen LogP contribution in [0.3, 0.4) is 0 Å². The highest BCUT2D eigenvalue weighted by atomic mass is 35.5. The molecule has 0 aromatic heterocycles. The number of esters is 1. The molecule has 6 rings (SSSR count). The Kier molecular flexibility index (Phi) is 15.2. The number of halogens is 1. The van der Waals surface area contributed by atoms with Gasteiger partial charge in [0, 0.05) is 6.42 Å². The zero-order valence-electron chi connectivity index (χ0n) is 31.8. The summed E-state index contributed by atoms with van der Waals surface area (Å²) in [6, 6.07) is 38.8. The third kappa shape index (κ3) is 10.7. The van der Waals surface area contributed by atoms with Crippen molar-refractivity contribution in [3.8, 4) is 0 Å². The van der Waals surface area contributed by atoms with Gasteiger partial charge in [-0.25, -0.2) is 0 Å². The minimum Gasteiger partial charge on any atom is -0.453 e. The van der Waals surface area contributed by atoms with Crippen molar-refractivity contribution in [3.05, 3.63) is 156 Å². The Labute approximate surface area is 334 Å². The molecule has 0 amide bonds. The standard InChI is InChI=1S/C45H51ClO10/c1-4-25-45(56-42-40(51-29-35-21-13-7-14-22-35)38(31(2)53-44(42)48)49-27-33-17-9-5-10-18-33)43(54-37(47)26-46)41(52-30-36-23-15-8-16-24-36)39(32(3)55-45)50-28-34-19-11-6-12-20-34/h4-24,31-32,38-44,48H,1,25-30H2,2-3H3/t31-,32-,38-,39-,40+,41+,42+,43+,44+,45-/m0/s1. The maximum atomic E-state index is 13.2. The number of aliphatic hydroxyl groups is 1. The van der Waals surface area contributed by atoms with Crippen LogP contribution in [0.1, 0.15) is 42.5 Å². The van der Waals surface area contributed by atoms with Crippen LogP contribution >= 0.6 is 11.6 Å². The van der Waals surface area contributed by atoms with Gasteiger partial charge in [-0.15, -0.1) is 18.2 Å². The predicted molar refractivity (Wildman–Crippen MR) is 210 cm³/mol. The molecule has 2 aliphatic heterocycles. The second-order valence-electron chi connectivity index (χ2n) is 14.0. The van der Waals surface area contributed by atoms with E-state index in [0.717, 1.165) is 22.3 Å². The number of carbonyl (C=O) groups is 1. The van der Waals surface area contributed by atoms with E-state index in [1.807, 2.05) is 135 Å². The third-order valence-corrected chi connectivity index (χ3v) is 10.1. The first-order valence-corrected chi connectivity index (χ1v) is 19.5. The Morgan fingerprint density at radius 1 is 0.661 bits per heavy atom. The van der Waals surface area contributed by atoms with Crippen molar-refractivity contribution < 1.29 is 47.8 Å². The first kappa shape index (κ1) is 41.7. The highest BCUT2D eigenvalue weighted by molar-refractivity contribution is 6.26. The number of alkyl halides is 1. The Hall–Kier alpha value is -3.94. The fourth-order valence-corrected chi connectivity index (χ4v) is 7.29. The molecule has 2 heterocycles. The van der Waals surface area contributed by atoms with E-state index < -0.39 is 72.8 Å². The normalized spacial score (nSPS) is 29.0. The zero-order valence-corrected chi connectivity index (χ0v) is 32.5. The molecular formula is C45H51ClO10. The van der Waals surface area contributed by atoms with Crippen molar-refractivity contribution >= 4 is 17.6 Å². The van der Waals surface area contributed by atoms with Gasteiger partial charge in [-0.1, -0.05) is 127 Å². The number of rotatable bonds is 18. The molecule has 11 heteroatoms. The highest BCUT2D eigenvalue weighted by Gasteiger charge is 2.60. The molecule has 4 aromatic carbocycles. The van der Waals surface area contributed by atoms with E-state index in [4.69, 9.17) is 49.5 Å². The molecule has 0 aliphatic carbocycles. The maximum Gasteiger partial charge on any atom is 0.321 e. The zero-order chi connectivity index (χ0) is 39.3. The summed E-state index contributed by atoms with van der Waals surface area (Å²) < 4.78 is 52.5. The summed E-state index contributed by atoms with van der Waals surface area (Å²) in [5.41, 5.74) is 3.69. The van der Waals surface area contributed by atoms with Crippen LogP contribution in [-0.4, -0.2) is 77.9 Å². The number of carbonyl (C=O) groups excluding carboxylic acids is 1. The van der Waals surface area contributed by atoms with E-state index in [1.54, 1.807) is 6.08 Å². The van der Waals surface area contributed by atoms with Crippen molar-refractivity contribution in [1.82, 2.24) is 0 Å². The molecule has 0 spiro atoms. The van der Waals surface area contributed by atoms with Gasteiger partial charge in [-0.2, -0.15) is 0 Å². The number of hydrogen-bond acceptors (Lipinski definition) is 10. The van der Waals surface area contributed by atoms with Gasteiger partial charge in [-0.05, 0) is 36.1 Å². The molecule has 10 nitrogen and oxygen atoms in total. The number of ether oxygens (including phenoxy) is 8. The molecule has 298 valence electrons. The Morgan fingerprint density at radius 2 is 1.07 bits per heavy atom. The predicted octanol–water partition coefficient (Wildman–Crippen LogP) is 7.29. The second-order valence-corrected chi connectivity index (χ2v) is 14.3. The number of hydrogen-bond donors (Lipinski definition) is 1. The molecule has 0 unspecified atom stereocenters. The van der Waals surface area contributed by atoms with Gasteiger partial charge >= 0.3 is 5.97 Å². The van der Waals surface area contributed by atoms with Crippen molar-refractivity contribution in [2.24, 2.45) is 0 Å². The Morgan fingerprint density at radius 3 is 1.50 bits per heavy atom. The van der Waals surface area contributed by atoms with Gasteiger partial charge in [0.15, 0.2) is 12.4 Å². The van der Waals surface area contributed by atoms with Gasteiger partial charge < -0.3 is 43.0 Å². The lowest BCUT2D eigenvalue weighted by Crippen LogP contribution is -2.70. The Balaban J connectivity index is 1.37. The topological polar surface area (TPSA) is 111 Å². The maximum absolute atomic E-state index is 13.2. The molecule has 2 saturated heterocycles. The van der Waals surface area contributed by atoms with E-state index in [9.17, 15) is 9.90 Å². The van der Waals surface area contributed by atoms with Crippen molar-refractivity contribution in [3.63, 3.8) is 0 Å². The average Bonchev–Trinajstić information content (AvgIpc) is 3.22. The lowest BCUT2D eigenvalue weighted by Gasteiger charge is -2.54. The largest absolute Gasteiger partial charge is 0.453 e. The number of aliphatic hydroxyl groups excluding tert-OH is 1. The summed E-state index contributed by atoms with van der Waals surface area (Å²) in [5.74, 6) is -2.95. The molecule has 56 heavy (non-hydrogen) atoms. The van der Waals surface area contributed by atoms with E-state index in [2.05, 4.69) is 6.58 Å². The molecule has 0 saturated carbocycles. The summed E-state index contributed by atoms with van der Waals surface area (Å²) in [6.45, 7) is 8.52. The smallest absolute Gasteiger partial charge is 0.321 e. The fraction of sp³-hybridized carbons (Fsp3) is 0.400. The van der Waals surface area contributed by atoms with Crippen LogP contribution in [0, 0.1) is 0 Å². The SMILES string of the molecule is C=CC[C@@]1(O[C@@H]2[C@H](OCc3ccccc3)[C@@H](OCc3ccccc3)[C@H](C)O[C@H]2O)O[C@@H](C)[C@H](OCc2ccccc2)[C@@H](OCc2ccccc2)[C@H]1OC(=O)CCl. The third-order valence-electron chi connectivity index (χ3n) is 9.92. The number of benzene rings is 4. The van der Waals surface area contributed by atoms with Crippen LogP contribution in [0.25, 0.3) is 0 Å². The Bertz CT molecular complexity index is 1770. The molecule has 0 radical (unpaired) electrons. The van der Waals surface area contributed by atoms with Crippen molar-refractivity contribution in [1.29, 1.82) is 0 Å². The van der Waals surface area contributed by atoms with Gasteiger partial charge in [0.25, 0.3) is 0 Å². The van der Waals surface area contributed by atoms with Crippen LogP contribution in [-0.2, 0) is 69.1 Å². The lowest BCUT2D eigenvalue weighted by atomic mass is 9.89. The average molecular weight is 787 g/mol. The molecule has 10 atom stereocenters. The van der Waals surface area contributed by atoms with Crippen LogP contribution < -0.4 is 0 Å².